The first-order valence-corrected chi connectivity index (χ1v) is 6.29. The van der Waals surface area contributed by atoms with Gasteiger partial charge in [-0.25, -0.2) is 0 Å². The van der Waals surface area contributed by atoms with E-state index in [9.17, 15) is 4.79 Å². The molecule has 0 radical (unpaired) electrons. The topological polar surface area (TPSA) is 85.0 Å². The Labute approximate surface area is 111 Å². The molecule has 7 heteroatoms. The van der Waals surface area contributed by atoms with Crippen LogP contribution in [-0.2, 0) is 11.8 Å². The van der Waals surface area contributed by atoms with E-state index in [2.05, 4.69) is 15.7 Å². The molecule has 2 rings (SSSR count). The molecule has 0 saturated carbocycles. The molecule has 2 heterocycles. The molecule has 1 amide bonds. The second-order valence-corrected chi connectivity index (χ2v) is 4.87. The molecule has 0 aromatic carbocycles. The van der Waals surface area contributed by atoms with E-state index in [0.29, 0.717) is 16.4 Å². The Balaban J connectivity index is 2.28. The Morgan fingerprint density at radius 2 is 2.39 bits per heavy atom. The van der Waals surface area contributed by atoms with Crippen LogP contribution in [-0.4, -0.2) is 33.3 Å². The second-order valence-electron chi connectivity index (χ2n) is 4.43. The van der Waals surface area contributed by atoms with Gasteiger partial charge in [-0.15, -0.1) is 0 Å². The molecule has 1 aromatic heterocycles. The lowest BCUT2D eigenvalue weighted by atomic mass is 10.1. The Kier molecular flexibility index (Phi) is 3.51. The lowest BCUT2D eigenvalue weighted by Crippen LogP contribution is -2.45. The highest BCUT2D eigenvalue weighted by atomic mass is 32.1. The summed E-state index contributed by atoms with van der Waals surface area (Å²) in [5, 5.41) is 10.3. The molecule has 0 aliphatic carbocycles. The van der Waals surface area contributed by atoms with E-state index in [4.69, 9.17) is 18.0 Å². The molecule has 1 aliphatic rings. The number of nitrogens with zero attached hydrogens (tertiary/aromatic N) is 2. The summed E-state index contributed by atoms with van der Waals surface area (Å²) in [6.45, 7) is 2.59. The van der Waals surface area contributed by atoms with Crippen molar-refractivity contribution in [2.24, 2.45) is 12.8 Å². The third-order valence-corrected chi connectivity index (χ3v) is 3.27. The van der Waals surface area contributed by atoms with Gasteiger partial charge in [-0.3, -0.25) is 9.48 Å². The van der Waals surface area contributed by atoms with E-state index in [0.717, 1.165) is 25.1 Å². The summed E-state index contributed by atoms with van der Waals surface area (Å²) in [7, 11) is 1.80. The molecule has 1 fully saturated rings. The number of nitrogens with one attached hydrogen (secondary N) is 2. The van der Waals surface area contributed by atoms with E-state index < -0.39 is 0 Å². The van der Waals surface area contributed by atoms with Crippen molar-refractivity contribution in [3.05, 3.63) is 11.3 Å². The van der Waals surface area contributed by atoms with Gasteiger partial charge >= 0.3 is 0 Å². The average Bonchev–Trinajstić information content (AvgIpc) is 2.57. The standard InChI is InChI=1S/C11H17N5OS/c1-6-8(9(12)18)10(16(2)15-6)14-7-4-3-5-13-11(7)17/h7,14H,3-5H2,1-2H3,(H2,12,18)(H,13,17). The maximum Gasteiger partial charge on any atom is 0.242 e. The molecule has 4 N–H and O–H groups in total. The number of hydrogen-bond acceptors (Lipinski definition) is 4. The summed E-state index contributed by atoms with van der Waals surface area (Å²) in [6.07, 6.45) is 1.76. The zero-order valence-electron chi connectivity index (χ0n) is 10.5. The number of rotatable bonds is 3. The average molecular weight is 267 g/mol. The van der Waals surface area contributed by atoms with Crippen LogP contribution in [0.3, 0.4) is 0 Å². The summed E-state index contributed by atoms with van der Waals surface area (Å²) >= 11 is 5.03. The van der Waals surface area contributed by atoms with E-state index in [1.807, 2.05) is 6.92 Å². The van der Waals surface area contributed by atoms with Gasteiger partial charge in [0.2, 0.25) is 5.91 Å². The van der Waals surface area contributed by atoms with Crippen molar-refractivity contribution in [1.29, 1.82) is 0 Å². The number of amides is 1. The third-order valence-electron chi connectivity index (χ3n) is 3.06. The summed E-state index contributed by atoms with van der Waals surface area (Å²) in [5.74, 6) is 0.719. The first-order valence-electron chi connectivity index (χ1n) is 5.88. The highest BCUT2D eigenvalue weighted by molar-refractivity contribution is 7.80. The number of aromatic nitrogens is 2. The molecule has 1 atom stereocenters. The van der Waals surface area contributed by atoms with Crippen molar-refractivity contribution in [2.45, 2.75) is 25.8 Å². The first kappa shape index (κ1) is 12.8. The zero-order valence-corrected chi connectivity index (χ0v) is 11.3. The maximum absolute atomic E-state index is 11.7. The van der Waals surface area contributed by atoms with Crippen LogP contribution in [0, 0.1) is 6.92 Å². The van der Waals surface area contributed by atoms with Crippen molar-refractivity contribution >= 4 is 28.9 Å². The van der Waals surface area contributed by atoms with Crippen LogP contribution < -0.4 is 16.4 Å². The van der Waals surface area contributed by atoms with E-state index in [1.165, 1.54) is 0 Å². The number of hydrogen-bond donors (Lipinski definition) is 3. The van der Waals surface area contributed by atoms with Gasteiger partial charge in [-0.05, 0) is 19.8 Å². The fraction of sp³-hybridized carbons (Fsp3) is 0.545. The zero-order chi connectivity index (χ0) is 13.3. The van der Waals surface area contributed by atoms with Gasteiger partial charge in [0.1, 0.15) is 16.8 Å². The van der Waals surface area contributed by atoms with Crippen LogP contribution in [0.2, 0.25) is 0 Å². The Hall–Kier alpha value is -1.63. The number of carbonyl (C=O) groups is 1. The predicted octanol–water partition coefficient (Wildman–Crippen LogP) is 0.0532. The van der Waals surface area contributed by atoms with Gasteiger partial charge in [-0.1, -0.05) is 12.2 Å². The molecular formula is C11H17N5OS. The Morgan fingerprint density at radius 1 is 1.67 bits per heavy atom. The van der Waals surface area contributed by atoms with Crippen LogP contribution in [0.4, 0.5) is 5.82 Å². The second kappa shape index (κ2) is 4.93. The monoisotopic (exact) mass is 267 g/mol. The fourth-order valence-corrected chi connectivity index (χ4v) is 2.44. The minimum atomic E-state index is -0.248. The smallest absolute Gasteiger partial charge is 0.242 e. The SMILES string of the molecule is Cc1nn(C)c(NC2CCCNC2=O)c1C(N)=S. The summed E-state index contributed by atoms with van der Waals surface area (Å²) in [5.41, 5.74) is 7.19. The molecule has 18 heavy (non-hydrogen) atoms. The number of aryl methyl sites for hydroxylation is 2. The van der Waals surface area contributed by atoms with Gasteiger partial charge in [-0.2, -0.15) is 5.10 Å². The highest BCUT2D eigenvalue weighted by Crippen LogP contribution is 2.21. The minimum absolute atomic E-state index is 0.00833. The molecule has 1 aliphatic heterocycles. The molecular weight excluding hydrogens is 250 g/mol. The normalized spacial score (nSPS) is 19.4. The minimum Gasteiger partial charge on any atom is -0.389 e. The number of carbonyl (C=O) groups excluding carboxylic acids is 1. The largest absolute Gasteiger partial charge is 0.389 e. The van der Waals surface area contributed by atoms with Crippen molar-refractivity contribution in [1.82, 2.24) is 15.1 Å². The van der Waals surface area contributed by atoms with Crippen LogP contribution in [0.5, 0.6) is 0 Å². The van der Waals surface area contributed by atoms with Gasteiger partial charge in [0.25, 0.3) is 0 Å². The van der Waals surface area contributed by atoms with Crippen LogP contribution >= 0.6 is 12.2 Å². The van der Waals surface area contributed by atoms with Crippen molar-refractivity contribution in [3.8, 4) is 0 Å². The Morgan fingerprint density at radius 3 is 3.00 bits per heavy atom. The van der Waals surface area contributed by atoms with Gasteiger partial charge in [0.15, 0.2) is 0 Å². The molecule has 1 saturated heterocycles. The van der Waals surface area contributed by atoms with Crippen LogP contribution in [0.1, 0.15) is 24.1 Å². The summed E-state index contributed by atoms with van der Waals surface area (Å²) < 4.78 is 1.67. The van der Waals surface area contributed by atoms with Crippen LogP contribution in [0.25, 0.3) is 0 Å². The quantitative estimate of drug-likeness (QED) is 0.674. The third kappa shape index (κ3) is 2.31. The number of anilines is 1. The van der Waals surface area contributed by atoms with Crippen molar-refractivity contribution in [3.63, 3.8) is 0 Å². The number of piperidine rings is 1. The first-order chi connectivity index (χ1) is 8.50. The molecule has 0 spiro atoms. The van der Waals surface area contributed by atoms with E-state index in [-0.39, 0.29) is 11.9 Å². The number of nitrogens with two attached hydrogens (primary N) is 1. The highest BCUT2D eigenvalue weighted by Gasteiger charge is 2.25. The maximum atomic E-state index is 11.7. The van der Waals surface area contributed by atoms with Crippen LogP contribution in [0.15, 0.2) is 0 Å². The number of thiocarbonyl (C=S) groups is 1. The van der Waals surface area contributed by atoms with E-state index >= 15 is 0 Å². The van der Waals surface area contributed by atoms with Crippen molar-refractivity contribution in [2.75, 3.05) is 11.9 Å². The molecule has 98 valence electrons. The molecule has 1 unspecified atom stereocenters. The van der Waals surface area contributed by atoms with Gasteiger partial charge in [0, 0.05) is 13.6 Å². The lowest BCUT2D eigenvalue weighted by Gasteiger charge is -2.24. The molecule has 1 aromatic rings. The molecule has 6 nitrogen and oxygen atoms in total. The van der Waals surface area contributed by atoms with E-state index in [1.54, 1.807) is 11.7 Å². The van der Waals surface area contributed by atoms with Gasteiger partial charge < -0.3 is 16.4 Å². The van der Waals surface area contributed by atoms with Crippen molar-refractivity contribution < 1.29 is 4.79 Å². The summed E-state index contributed by atoms with van der Waals surface area (Å²) in [4.78, 5) is 12.0. The summed E-state index contributed by atoms with van der Waals surface area (Å²) in [6, 6.07) is -0.248. The fourth-order valence-electron chi connectivity index (χ4n) is 2.19. The van der Waals surface area contributed by atoms with Gasteiger partial charge in [0.05, 0.1) is 11.3 Å². The molecule has 0 bridgehead atoms. The Bertz CT molecular complexity index is 496. The predicted molar refractivity (Wildman–Crippen MR) is 73.5 cm³/mol. The lowest BCUT2D eigenvalue weighted by molar-refractivity contribution is -0.123.